The molecule has 0 radical (unpaired) electrons. The summed E-state index contributed by atoms with van der Waals surface area (Å²) in [5, 5.41) is 7.36. The van der Waals surface area contributed by atoms with E-state index in [-0.39, 0.29) is 5.91 Å². The lowest BCUT2D eigenvalue weighted by Gasteiger charge is -1.97. The number of hydrogen-bond acceptors (Lipinski definition) is 3. The van der Waals surface area contributed by atoms with Crippen LogP contribution >= 0.6 is 0 Å². The third-order valence-corrected chi connectivity index (χ3v) is 1.81. The van der Waals surface area contributed by atoms with Crippen LogP contribution in [0.15, 0.2) is 36.7 Å². The Bertz CT molecular complexity index is 464. The fraction of sp³-hybridized carbons (Fsp3) is 0.111. The molecule has 0 aliphatic carbocycles. The van der Waals surface area contributed by atoms with Crippen LogP contribution in [0.3, 0.4) is 0 Å². The lowest BCUT2D eigenvalue weighted by Crippen LogP contribution is -2.30. The van der Waals surface area contributed by atoms with E-state index in [1.54, 1.807) is 37.6 Å². The van der Waals surface area contributed by atoms with Crippen molar-refractivity contribution < 1.29 is 9.48 Å². The van der Waals surface area contributed by atoms with Crippen molar-refractivity contribution in [3.63, 3.8) is 0 Å². The quantitative estimate of drug-likeness (QED) is 0.670. The Morgan fingerprint density at radius 3 is 2.73 bits per heavy atom. The first-order chi connectivity index (χ1) is 7.25. The number of nitrogens with zero attached hydrogens (tertiary/aromatic N) is 4. The summed E-state index contributed by atoms with van der Waals surface area (Å²) < 4.78 is 1.49. The lowest BCUT2D eigenvalue weighted by molar-refractivity contribution is -0.731. The van der Waals surface area contributed by atoms with Gasteiger partial charge in [0.1, 0.15) is 5.21 Å². The predicted octanol–water partition coefficient (Wildman–Crippen LogP) is -0.514. The number of nitrogens with one attached hydrogen (secondary N) is 1. The molecule has 2 rings (SSSR count). The Morgan fingerprint density at radius 1 is 1.40 bits per heavy atom. The molecule has 1 heterocycles. The van der Waals surface area contributed by atoms with Gasteiger partial charge in [-0.1, -0.05) is 18.2 Å². The molecule has 6 nitrogen and oxygen atoms in total. The second-order valence-electron chi connectivity index (χ2n) is 3.02. The third-order valence-electron chi connectivity index (χ3n) is 1.81. The zero-order valence-electron chi connectivity index (χ0n) is 8.16. The van der Waals surface area contributed by atoms with Crippen LogP contribution in [0.2, 0.25) is 0 Å². The van der Waals surface area contributed by atoms with Crippen molar-refractivity contribution in [2.75, 3.05) is 5.43 Å². The first-order valence-electron chi connectivity index (χ1n) is 4.40. The molecule has 0 aliphatic rings. The molecule has 0 fully saturated rings. The fourth-order valence-corrected chi connectivity index (χ4v) is 1.12. The van der Waals surface area contributed by atoms with Crippen LogP contribution in [-0.4, -0.2) is 21.1 Å². The standard InChI is InChI=1S/C9H9N5O/c1-13-7-14(12-11-13)10-9(15)8-5-3-2-4-6-8/h2-7H,1H3/p+1. The van der Waals surface area contributed by atoms with Gasteiger partial charge in [-0.15, -0.1) is 4.68 Å². The summed E-state index contributed by atoms with van der Waals surface area (Å²) in [7, 11) is 1.72. The molecule has 0 saturated carbocycles. The molecular weight excluding hydrogens is 194 g/mol. The van der Waals surface area contributed by atoms with Gasteiger partial charge in [-0.2, -0.15) is 5.43 Å². The maximum absolute atomic E-state index is 11.6. The summed E-state index contributed by atoms with van der Waals surface area (Å²) >= 11 is 0. The van der Waals surface area contributed by atoms with Crippen LogP contribution < -0.4 is 10.1 Å². The van der Waals surface area contributed by atoms with Gasteiger partial charge in [0.15, 0.2) is 5.21 Å². The summed E-state index contributed by atoms with van der Waals surface area (Å²) in [6.45, 7) is 0. The highest BCUT2D eigenvalue weighted by Gasteiger charge is 2.10. The van der Waals surface area contributed by atoms with Crippen molar-refractivity contribution in [3.8, 4) is 0 Å². The van der Waals surface area contributed by atoms with E-state index in [1.165, 1.54) is 9.47 Å². The largest absolute Gasteiger partial charge is 0.283 e. The Hall–Kier alpha value is -2.24. The van der Waals surface area contributed by atoms with Gasteiger partial charge < -0.3 is 0 Å². The summed E-state index contributed by atoms with van der Waals surface area (Å²) in [4.78, 5) is 12.9. The van der Waals surface area contributed by atoms with Crippen LogP contribution in [0.1, 0.15) is 10.4 Å². The molecular formula is C9H10N5O+. The maximum Gasteiger partial charge on any atom is 0.283 e. The van der Waals surface area contributed by atoms with Crippen LogP contribution in [0, 0.1) is 0 Å². The lowest BCUT2D eigenvalue weighted by atomic mass is 10.2. The second-order valence-corrected chi connectivity index (χ2v) is 3.02. The SMILES string of the molecule is C[n+]1cn(NC(=O)c2ccccc2)nn1. The van der Waals surface area contributed by atoms with Crippen molar-refractivity contribution >= 4 is 5.91 Å². The zero-order valence-corrected chi connectivity index (χ0v) is 8.16. The van der Waals surface area contributed by atoms with Crippen molar-refractivity contribution in [2.45, 2.75) is 0 Å². The number of benzene rings is 1. The van der Waals surface area contributed by atoms with Gasteiger partial charge in [0.25, 0.3) is 12.2 Å². The van der Waals surface area contributed by atoms with Gasteiger partial charge in [0.2, 0.25) is 0 Å². The van der Waals surface area contributed by atoms with E-state index in [4.69, 9.17) is 0 Å². The summed E-state index contributed by atoms with van der Waals surface area (Å²) in [5.74, 6) is -0.221. The molecule has 0 bridgehead atoms. The molecule has 1 aromatic carbocycles. The molecule has 2 aromatic rings. The van der Waals surface area contributed by atoms with E-state index in [0.29, 0.717) is 5.56 Å². The van der Waals surface area contributed by atoms with Crippen LogP contribution in [-0.2, 0) is 7.05 Å². The Balaban J connectivity index is 2.11. The minimum Gasteiger partial charge on any atom is -0.266 e. The van der Waals surface area contributed by atoms with E-state index in [9.17, 15) is 4.79 Å². The van der Waals surface area contributed by atoms with Gasteiger partial charge >= 0.3 is 0 Å². The van der Waals surface area contributed by atoms with E-state index in [0.717, 1.165) is 0 Å². The highest BCUT2D eigenvalue weighted by Crippen LogP contribution is 1.97. The monoisotopic (exact) mass is 204 g/mol. The topological polar surface area (TPSA) is 63.7 Å². The average molecular weight is 204 g/mol. The normalized spacial score (nSPS) is 9.93. The molecule has 0 saturated heterocycles. The average Bonchev–Trinajstić information content (AvgIpc) is 2.65. The number of tetrazole rings is 1. The Kier molecular flexibility index (Phi) is 2.40. The maximum atomic E-state index is 11.6. The van der Waals surface area contributed by atoms with Gasteiger partial charge in [-0.25, -0.2) is 0 Å². The van der Waals surface area contributed by atoms with E-state index in [1.807, 2.05) is 6.07 Å². The Labute approximate surface area is 86.1 Å². The van der Waals surface area contributed by atoms with Gasteiger partial charge in [-0.05, 0) is 12.1 Å². The van der Waals surface area contributed by atoms with E-state index < -0.39 is 0 Å². The van der Waals surface area contributed by atoms with Crippen LogP contribution in [0.5, 0.6) is 0 Å². The highest BCUT2D eigenvalue weighted by molar-refractivity contribution is 5.99. The van der Waals surface area contributed by atoms with Gasteiger partial charge in [0, 0.05) is 10.4 Å². The molecule has 1 aromatic heterocycles. The number of carbonyl (C=O) groups is 1. The molecule has 0 atom stereocenters. The second kappa shape index (κ2) is 3.87. The summed E-state index contributed by atoms with van der Waals surface area (Å²) in [5.41, 5.74) is 3.14. The highest BCUT2D eigenvalue weighted by atomic mass is 16.2. The number of hydrogen-bond donors (Lipinski definition) is 1. The first-order valence-corrected chi connectivity index (χ1v) is 4.40. The van der Waals surface area contributed by atoms with Crippen LogP contribution in [0.25, 0.3) is 0 Å². The molecule has 0 aliphatic heterocycles. The van der Waals surface area contributed by atoms with E-state index in [2.05, 4.69) is 15.9 Å². The molecule has 0 spiro atoms. The zero-order chi connectivity index (χ0) is 10.7. The molecule has 1 N–H and O–H groups in total. The predicted molar refractivity (Wildman–Crippen MR) is 51.3 cm³/mol. The third kappa shape index (κ3) is 2.16. The smallest absolute Gasteiger partial charge is 0.266 e. The number of aromatic nitrogens is 4. The minimum absolute atomic E-state index is 0.221. The van der Waals surface area contributed by atoms with Crippen molar-refractivity contribution in [1.29, 1.82) is 0 Å². The summed E-state index contributed by atoms with van der Waals surface area (Å²) in [6.07, 6.45) is 1.56. The minimum atomic E-state index is -0.221. The molecule has 76 valence electrons. The molecule has 15 heavy (non-hydrogen) atoms. The molecule has 0 unspecified atom stereocenters. The number of rotatable bonds is 2. The Morgan fingerprint density at radius 2 is 2.13 bits per heavy atom. The number of aryl methyl sites for hydroxylation is 1. The van der Waals surface area contributed by atoms with Crippen LogP contribution in [0.4, 0.5) is 0 Å². The fourth-order valence-electron chi connectivity index (χ4n) is 1.12. The van der Waals surface area contributed by atoms with Crippen molar-refractivity contribution in [1.82, 2.24) is 15.2 Å². The number of carbonyl (C=O) groups excluding carboxylic acids is 1. The first kappa shape index (κ1) is 9.32. The van der Waals surface area contributed by atoms with E-state index >= 15 is 0 Å². The summed E-state index contributed by atoms with van der Waals surface area (Å²) in [6, 6.07) is 8.91. The van der Waals surface area contributed by atoms with Gasteiger partial charge in [0.05, 0.1) is 7.05 Å². The molecule has 6 heteroatoms. The molecule has 1 amide bonds. The van der Waals surface area contributed by atoms with Gasteiger partial charge in [-0.3, -0.25) is 4.79 Å². The van der Waals surface area contributed by atoms with Crippen molar-refractivity contribution in [2.24, 2.45) is 7.05 Å². The number of amides is 1. The van der Waals surface area contributed by atoms with Crippen molar-refractivity contribution in [3.05, 3.63) is 42.2 Å².